The lowest BCUT2D eigenvalue weighted by molar-refractivity contribution is 0.502. The molecule has 1 unspecified atom stereocenters. The summed E-state index contributed by atoms with van der Waals surface area (Å²) in [6.45, 7) is 4.41. The summed E-state index contributed by atoms with van der Waals surface area (Å²) in [5.41, 5.74) is 9.26. The second kappa shape index (κ2) is 6.48. The highest BCUT2D eigenvalue weighted by Gasteiger charge is 2.08. The minimum Gasteiger partial charge on any atom is -0.322 e. The molecule has 4 heteroatoms. The summed E-state index contributed by atoms with van der Waals surface area (Å²) in [4.78, 5) is 11.8. The Hall–Kier alpha value is -1.94. The zero-order valence-corrected chi connectivity index (χ0v) is 12.0. The SMILES string of the molecule is CCCc1ccc(C(N)Cn2ncc(C)cc2=O)cc1. The molecule has 0 bridgehead atoms. The number of hydrogen-bond donors (Lipinski definition) is 1. The molecule has 1 aromatic heterocycles. The predicted molar refractivity (Wildman–Crippen MR) is 80.6 cm³/mol. The second-order valence-electron chi connectivity index (χ2n) is 5.15. The van der Waals surface area contributed by atoms with Gasteiger partial charge in [-0.05, 0) is 30.0 Å². The molecule has 1 atom stereocenters. The number of nitrogens with zero attached hydrogens (tertiary/aromatic N) is 2. The topological polar surface area (TPSA) is 60.9 Å². The normalized spacial score (nSPS) is 12.3. The summed E-state index contributed by atoms with van der Waals surface area (Å²) in [6.07, 6.45) is 3.89. The Balaban J connectivity index is 2.11. The molecular formula is C16H21N3O. The summed E-state index contributed by atoms with van der Waals surface area (Å²) in [7, 11) is 0. The molecule has 0 aliphatic rings. The van der Waals surface area contributed by atoms with Crippen LogP contribution in [-0.2, 0) is 13.0 Å². The lowest BCUT2D eigenvalue weighted by atomic mass is 10.0. The van der Waals surface area contributed by atoms with E-state index in [1.807, 2.05) is 19.1 Å². The first-order valence-electron chi connectivity index (χ1n) is 6.98. The third-order valence-corrected chi connectivity index (χ3v) is 3.32. The van der Waals surface area contributed by atoms with E-state index in [4.69, 9.17) is 5.73 Å². The maximum atomic E-state index is 11.8. The van der Waals surface area contributed by atoms with E-state index in [-0.39, 0.29) is 11.6 Å². The van der Waals surface area contributed by atoms with Crippen LogP contribution in [0.1, 0.15) is 36.1 Å². The molecular weight excluding hydrogens is 250 g/mol. The number of aryl methyl sites for hydroxylation is 2. The van der Waals surface area contributed by atoms with Crippen molar-refractivity contribution in [2.45, 2.75) is 39.3 Å². The average molecular weight is 271 g/mol. The monoisotopic (exact) mass is 271 g/mol. The molecule has 0 fully saturated rings. The number of hydrogen-bond acceptors (Lipinski definition) is 3. The quantitative estimate of drug-likeness (QED) is 0.907. The van der Waals surface area contributed by atoms with Crippen molar-refractivity contribution in [2.24, 2.45) is 5.73 Å². The molecule has 1 heterocycles. The fourth-order valence-electron chi connectivity index (χ4n) is 2.17. The van der Waals surface area contributed by atoms with Gasteiger partial charge in [-0.2, -0.15) is 5.10 Å². The van der Waals surface area contributed by atoms with Gasteiger partial charge in [0.15, 0.2) is 0 Å². The summed E-state index contributed by atoms with van der Waals surface area (Å²) in [5.74, 6) is 0. The van der Waals surface area contributed by atoms with Gasteiger partial charge in [-0.25, -0.2) is 4.68 Å². The Morgan fingerprint density at radius 2 is 2.00 bits per heavy atom. The molecule has 0 aliphatic carbocycles. The van der Waals surface area contributed by atoms with E-state index in [1.165, 1.54) is 10.2 Å². The van der Waals surface area contributed by atoms with Gasteiger partial charge in [-0.1, -0.05) is 37.6 Å². The van der Waals surface area contributed by atoms with Crippen LogP contribution >= 0.6 is 0 Å². The van der Waals surface area contributed by atoms with Crippen molar-refractivity contribution >= 4 is 0 Å². The Bertz CT molecular complexity index is 616. The molecule has 4 nitrogen and oxygen atoms in total. The van der Waals surface area contributed by atoms with Gasteiger partial charge in [0.25, 0.3) is 5.56 Å². The van der Waals surface area contributed by atoms with Gasteiger partial charge in [-0.3, -0.25) is 4.79 Å². The van der Waals surface area contributed by atoms with Gasteiger partial charge < -0.3 is 5.73 Å². The zero-order valence-electron chi connectivity index (χ0n) is 12.0. The van der Waals surface area contributed by atoms with Crippen LogP contribution in [0.4, 0.5) is 0 Å². The van der Waals surface area contributed by atoms with Crippen LogP contribution in [0.5, 0.6) is 0 Å². The second-order valence-corrected chi connectivity index (χ2v) is 5.15. The predicted octanol–water partition coefficient (Wildman–Crippen LogP) is 2.20. The Kier molecular flexibility index (Phi) is 4.69. The van der Waals surface area contributed by atoms with E-state index >= 15 is 0 Å². The highest BCUT2D eigenvalue weighted by molar-refractivity contribution is 5.24. The van der Waals surface area contributed by atoms with Crippen LogP contribution < -0.4 is 11.3 Å². The van der Waals surface area contributed by atoms with Crippen LogP contribution in [0.25, 0.3) is 0 Å². The highest BCUT2D eigenvalue weighted by atomic mass is 16.1. The number of benzene rings is 1. The van der Waals surface area contributed by atoms with Crippen molar-refractivity contribution in [3.05, 3.63) is 63.6 Å². The van der Waals surface area contributed by atoms with Gasteiger partial charge in [0.2, 0.25) is 0 Å². The summed E-state index contributed by atoms with van der Waals surface area (Å²) in [6, 6.07) is 9.63. The number of aromatic nitrogens is 2. The van der Waals surface area contributed by atoms with Gasteiger partial charge in [-0.15, -0.1) is 0 Å². The lowest BCUT2D eigenvalue weighted by Crippen LogP contribution is -2.28. The Morgan fingerprint density at radius 3 is 2.60 bits per heavy atom. The molecule has 0 saturated heterocycles. The summed E-state index contributed by atoms with van der Waals surface area (Å²) < 4.78 is 1.41. The first kappa shape index (κ1) is 14.5. The number of rotatable bonds is 5. The molecule has 2 aromatic rings. The van der Waals surface area contributed by atoms with Gasteiger partial charge in [0.05, 0.1) is 12.7 Å². The minimum atomic E-state index is -0.224. The summed E-state index contributed by atoms with van der Waals surface area (Å²) in [5, 5.41) is 4.11. The van der Waals surface area contributed by atoms with Crippen molar-refractivity contribution in [2.75, 3.05) is 0 Å². The molecule has 0 saturated carbocycles. The third-order valence-electron chi connectivity index (χ3n) is 3.32. The molecule has 0 radical (unpaired) electrons. The smallest absolute Gasteiger partial charge is 0.267 e. The van der Waals surface area contributed by atoms with Gasteiger partial charge in [0.1, 0.15) is 0 Å². The summed E-state index contributed by atoms with van der Waals surface area (Å²) >= 11 is 0. The fraction of sp³-hybridized carbons (Fsp3) is 0.375. The maximum absolute atomic E-state index is 11.8. The standard InChI is InChI=1S/C16H21N3O/c1-3-4-13-5-7-14(8-6-13)15(17)11-19-16(20)9-12(2)10-18-19/h5-10,15H,3-4,11,17H2,1-2H3. The van der Waals surface area contributed by atoms with Crippen LogP contribution in [0.2, 0.25) is 0 Å². The zero-order chi connectivity index (χ0) is 14.5. The molecule has 0 amide bonds. The molecule has 2 rings (SSSR count). The molecule has 20 heavy (non-hydrogen) atoms. The van der Waals surface area contributed by atoms with Crippen molar-refractivity contribution < 1.29 is 0 Å². The van der Waals surface area contributed by atoms with Crippen LogP contribution in [0.3, 0.4) is 0 Å². The van der Waals surface area contributed by atoms with Crippen LogP contribution in [0.15, 0.2) is 41.3 Å². The Morgan fingerprint density at radius 1 is 1.30 bits per heavy atom. The average Bonchev–Trinajstić information content (AvgIpc) is 2.43. The van der Waals surface area contributed by atoms with Gasteiger partial charge in [0, 0.05) is 12.1 Å². The van der Waals surface area contributed by atoms with Crippen LogP contribution in [-0.4, -0.2) is 9.78 Å². The van der Waals surface area contributed by atoms with E-state index in [9.17, 15) is 4.79 Å². The van der Waals surface area contributed by atoms with Crippen molar-refractivity contribution in [1.29, 1.82) is 0 Å². The van der Waals surface area contributed by atoms with Crippen molar-refractivity contribution in [1.82, 2.24) is 9.78 Å². The third kappa shape index (κ3) is 3.54. The van der Waals surface area contributed by atoms with E-state index in [0.29, 0.717) is 6.54 Å². The highest BCUT2D eigenvalue weighted by Crippen LogP contribution is 2.13. The molecule has 106 valence electrons. The van der Waals surface area contributed by atoms with Gasteiger partial charge >= 0.3 is 0 Å². The van der Waals surface area contributed by atoms with Crippen molar-refractivity contribution in [3.63, 3.8) is 0 Å². The van der Waals surface area contributed by atoms with E-state index in [0.717, 1.165) is 24.0 Å². The lowest BCUT2D eigenvalue weighted by Gasteiger charge is -2.13. The minimum absolute atomic E-state index is 0.108. The van der Waals surface area contributed by atoms with Crippen LogP contribution in [0, 0.1) is 6.92 Å². The largest absolute Gasteiger partial charge is 0.322 e. The van der Waals surface area contributed by atoms with Crippen molar-refractivity contribution in [3.8, 4) is 0 Å². The van der Waals surface area contributed by atoms with E-state index in [1.54, 1.807) is 12.3 Å². The Labute approximate surface area is 119 Å². The molecule has 1 aromatic carbocycles. The van der Waals surface area contributed by atoms with E-state index in [2.05, 4.69) is 24.2 Å². The maximum Gasteiger partial charge on any atom is 0.267 e. The fourth-order valence-corrected chi connectivity index (χ4v) is 2.17. The first-order chi connectivity index (χ1) is 9.60. The molecule has 2 N–H and O–H groups in total. The van der Waals surface area contributed by atoms with E-state index < -0.39 is 0 Å². The number of nitrogens with two attached hydrogens (primary N) is 1. The molecule has 0 aliphatic heterocycles. The molecule has 0 spiro atoms. The first-order valence-corrected chi connectivity index (χ1v) is 6.98.